The molecule has 2 fully saturated rings. The number of ether oxygens (including phenoxy) is 3. The SMILES string of the molecule is C=C[C@@H](Cn1cc(C2(c3ccccc3)Oc3ccccc32)nn1)[C@H]1CCN2C(=O)S[C@@H](c3cc(-c4ccc(Oc5ccccc5)cc4)nc4ccc(OC)cc34)[C@@H]2C1. The summed E-state index contributed by atoms with van der Waals surface area (Å²) in [7, 11) is 1.68. The molecule has 5 heterocycles. The lowest BCUT2D eigenvalue weighted by molar-refractivity contribution is 0.0915. The third kappa shape index (κ3) is 6.28. The molecule has 10 rings (SSSR count). The largest absolute Gasteiger partial charge is 0.497 e. The second-order valence-corrected chi connectivity index (χ2v) is 16.2. The van der Waals surface area contributed by atoms with Crippen LogP contribution in [0.1, 0.15) is 40.5 Å². The van der Waals surface area contributed by atoms with E-state index in [1.54, 1.807) is 7.11 Å². The van der Waals surface area contributed by atoms with Gasteiger partial charge in [-0.2, -0.15) is 0 Å². The number of para-hydroxylation sites is 2. The molecule has 10 heteroatoms. The molecular weight excluding hydrogens is 743 g/mol. The molecule has 5 atom stereocenters. The predicted molar refractivity (Wildman–Crippen MR) is 226 cm³/mol. The summed E-state index contributed by atoms with van der Waals surface area (Å²) in [5.41, 5.74) is 5.78. The van der Waals surface area contributed by atoms with E-state index in [0.717, 1.165) is 80.4 Å². The summed E-state index contributed by atoms with van der Waals surface area (Å²) in [6, 6.07) is 44.3. The molecule has 2 aromatic heterocycles. The Kier molecular flexibility index (Phi) is 9.21. The Balaban J connectivity index is 0.933. The molecule has 0 aliphatic carbocycles. The molecule has 1 unspecified atom stereocenters. The molecule has 0 radical (unpaired) electrons. The topological polar surface area (TPSA) is 91.6 Å². The van der Waals surface area contributed by atoms with Crippen molar-refractivity contribution < 1.29 is 19.0 Å². The number of amides is 1. The number of pyridine rings is 1. The van der Waals surface area contributed by atoms with Gasteiger partial charge in [-0.25, -0.2) is 4.98 Å². The Bertz CT molecular complexity index is 2640. The first-order valence-electron chi connectivity index (χ1n) is 19.7. The fraction of sp³-hybridized carbons (Fsp3) is 0.208. The summed E-state index contributed by atoms with van der Waals surface area (Å²) in [5, 5.41) is 10.4. The zero-order valence-corrected chi connectivity index (χ0v) is 32.8. The van der Waals surface area contributed by atoms with Crippen molar-refractivity contribution in [3.63, 3.8) is 0 Å². The van der Waals surface area contributed by atoms with Crippen LogP contribution in [0, 0.1) is 11.8 Å². The van der Waals surface area contributed by atoms with Crippen molar-refractivity contribution in [1.29, 1.82) is 0 Å². The first-order chi connectivity index (χ1) is 28.5. The zero-order valence-electron chi connectivity index (χ0n) is 32.0. The molecule has 7 aromatic rings. The minimum absolute atomic E-state index is 0.00228. The minimum Gasteiger partial charge on any atom is -0.497 e. The Hall–Kier alpha value is -6.39. The maximum Gasteiger partial charge on any atom is 0.282 e. The summed E-state index contributed by atoms with van der Waals surface area (Å²) < 4.78 is 20.2. The van der Waals surface area contributed by atoms with Crippen LogP contribution in [0.4, 0.5) is 4.79 Å². The van der Waals surface area contributed by atoms with E-state index in [1.807, 2.05) is 120 Å². The maximum atomic E-state index is 13.7. The monoisotopic (exact) mass is 783 g/mol. The lowest BCUT2D eigenvalue weighted by atomic mass is 9.78. The summed E-state index contributed by atoms with van der Waals surface area (Å²) in [4.78, 5) is 20.9. The molecule has 5 aromatic carbocycles. The Morgan fingerprint density at radius 3 is 2.43 bits per heavy atom. The van der Waals surface area contributed by atoms with E-state index in [-0.39, 0.29) is 28.4 Å². The molecule has 58 heavy (non-hydrogen) atoms. The lowest BCUT2D eigenvalue weighted by Gasteiger charge is -2.43. The number of fused-ring (bicyclic) bond motifs is 3. The average Bonchev–Trinajstić information content (AvgIpc) is 3.87. The van der Waals surface area contributed by atoms with Gasteiger partial charge in [-0.15, -0.1) is 11.7 Å². The maximum absolute atomic E-state index is 13.7. The molecule has 3 aliphatic heterocycles. The van der Waals surface area contributed by atoms with Crippen LogP contribution in [0.5, 0.6) is 23.0 Å². The molecule has 0 bridgehead atoms. The standard InChI is InChI=1S/C48H41N5O4S/c1-3-31(29-52-30-45(50-51-52)48(34-12-6-4-7-13-34)40-16-10-11-17-44(40)57-48)33-24-25-53-43(26-33)46(58-47(53)54)39-28-42(49-41-23-22-37(55-2)27-38(39)41)32-18-20-36(21-19-32)56-35-14-8-5-9-15-35/h3-23,27-28,30-31,33,43,46H,1,24-26,29H2,2H3/t31-,33-,43-,46-,48?/m0/s1. The number of carbonyl (C=O) groups is 1. The molecule has 0 saturated carbocycles. The smallest absolute Gasteiger partial charge is 0.282 e. The van der Waals surface area contributed by atoms with E-state index >= 15 is 0 Å². The lowest BCUT2D eigenvalue weighted by Crippen LogP contribution is -2.44. The number of allylic oxidation sites excluding steroid dienone is 1. The van der Waals surface area contributed by atoms with Crippen LogP contribution in [0.2, 0.25) is 0 Å². The molecule has 3 aliphatic rings. The van der Waals surface area contributed by atoms with Crippen LogP contribution in [0.25, 0.3) is 22.2 Å². The van der Waals surface area contributed by atoms with E-state index in [2.05, 4.69) is 47.0 Å². The molecule has 0 spiro atoms. The van der Waals surface area contributed by atoms with Crippen molar-refractivity contribution in [1.82, 2.24) is 24.9 Å². The number of rotatable bonds is 11. The minimum atomic E-state index is -0.813. The highest BCUT2D eigenvalue weighted by molar-refractivity contribution is 8.14. The third-order valence-corrected chi connectivity index (χ3v) is 13.2. The van der Waals surface area contributed by atoms with Crippen molar-refractivity contribution in [2.45, 2.75) is 36.3 Å². The molecule has 288 valence electrons. The van der Waals surface area contributed by atoms with E-state index in [9.17, 15) is 4.79 Å². The van der Waals surface area contributed by atoms with Crippen LogP contribution in [-0.4, -0.2) is 49.8 Å². The fourth-order valence-corrected chi connectivity index (χ4v) is 10.3. The van der Waals surface area contributed by atoms with Gasteiger partial charge in [-0.3, -0.25) is 9.48 Å². The highest BCUT2D eigenvalue weighted by Gasteiger charge is 2.51. The van der Waals surface area contributed by atoms with Gasteiger partial charge in [0.1, 0.15) is 28.7 Å². The number of hydrogen-bond donors (Lipinski definition) is 0. The van der Waals surface area contributed by atoms with Gasteiger partial charge in [0.25, 0.3) is 5.24 Å². The number of piperidine rings is 1. The van der Waals surface area contributed by atoms with E-state index in [0.29, 0.717) is 13.1 Å². The van der Waals surface area contributed by atoms with E-state index < -0.39 is 5.60 Å². The summed E-state index contributed by atoms with van der Waals surface area (Å²) in [6.45, 7) is 5.61. The summed E-state index contributed by atoms with van der Waals surface area (Å²) in [5.74, 6) is 3.53. The quantitative estimate of drug-likeness (QED) is 0.120. The van der Waals surface area contributed by atoms with Crippen LogP contribution < -0.4 is 14.2 Å². The highest BCUT2D eigenvalue weighted by Crippen LogP contribution is 2.53. The molecule has 1 amide bonds. The fourth-order valence-electron chi connectivity index (χ4n) is 8.94. The number of thioether (sulfide) groups is 1. The highest BCUT2D eigenvalue weighted by atomic mass is 32.2. The van der Waals surface area contributed by atoms with Gasteiger partial charge >= 0.3 is 0 Å². The van der Waals surface area contributed by atoms with Crippen LogP contribution in [-0.2, 0) is 12.1 Å². The average molecular weight is 784 g/mol. The van der Waals surface area contributed by atoms with Crippen molar-refractivity contribution in [3.05, 3.63) is 175 Å². The molecule has 0 N–H and O–H groups in total. The number of carbonyl (C=O) groups excluding carboxylic acids is 1. The van der Waals surface area contributed by atoms with Crippen LogP contribution in [0.3, 0.4) is 0 Å². The van der Waals surface area contributed by atoms with Gasteiger partial charge in [0, 0.05) is 41.2 Å². The Labute approximate surface area is 341 Å². The van der Waals surface area contributed by atoms with Crippen molar-refractivity contribution in [2.75, 3.05) is 13.7 Å². The van der Waals surface area contributed by atoms with Gasteiger partial charge in [-0.1, -0.05) is 89.8 Å². The third-order valence-electron chi connectivity index (χ3n) is 11.9. The number of nitrogens with zero attached hydrogens (tertiary/aromatic N) is 5. The molecule has 2 saturated heterocycles. The normalized spacial score (nSPS) is 21.4. The summed E-state index contributed by atoms with van der Waals surface area (Å²) >= 11 is 1.42. The van der Waals surface area contributed by atoms with Crippen molar-refractivity contribution in [3.8, 4) is 34.3 Å². The Morgan fingerprint density at radius 2 is 1.66 bits per heavy atom. The van der Waals surface area contributed by atoms with Crippen molar-refractivity contribution in [2.24, 2.45) is 11.8 Å². The van der Waals surface area contributed by atoms with E-state index in [1.165, 1.54) is 11.8 Å². The number of methoxy groups -OCH3 is 1. The second-order valence-electron chi connectivity index (χ2n) is 15.1. The van der Waals surface area contributed by atoms with E-state index in [4.69, 9.17) is 24.3 Å². The number of hydrogen-bond acceptors (Lipinski definition) is 8. The van der Waals surface area contributed by atoms with Crippen LogP contribution >= 0.6 is 11.8 Å². The van der Waals surface area contributed by atoms with Gasteiger partial charge in [0.2, 0.25) is 5.60 Å². The number of aromatic nitrogens is 4. The first kappa shape index (κ1) is 36.0. The second kappa shape index (κ2) is 14.8. The zero-order chi connectivity index (χ0) is 39.2. The predicted octanol–water partition coefficient (Wildman–Crippen LogP) is 10.5. The Morgan fingerprint density at radius 1 is 0.914 bits per heavy atom. The van der Waals surface area contributed by atoms with Gasteiger partial charge < -0.3 is 19.1 Å². The molecule has 9 nitrogen and oxygen atoms in total. The van der Waals surface area contributed by atoms with Crippen molar-refractivity contribution >= 4 is 27.9 Å². The van der Waals surface area contributed by atoms with Gasteiger partial charge in [-0.05, 0) is 97.0 Å². The van der Waals surface area contributed by atoms with Gasteiger partial charge in [0.15, 0.2) is 0 Å². The molecular formula is C48H41N5O4S. The number of benzene rings is 5. The van der Waals surface area contributed by atoms with Crippen LogP contribution in [0.15, 0.2) is 152 Å². The van der Waals surface area contributed by atoms with Gasteiger partial charge in [0.05, 0.1) is 29.8 Å². The summed E-state index contributed by atoms with van der Waals surface area (Å²) in [6.07, 6.45) is 5.79. The first-order valence-corrected chi connectivity index (χ1v) is 20.5.